The van der Waals surface area contributed by atoms with Gasteiger partial charge in [0.2, 0.25) is 11.9 Å². The molecule has 51 heavy (non-hydrogen) atoms. The number of aromatic nitrogens is 4. The van der Waals surface area contributed by atoms with E-state index in [0.717, 1.165) is 25.9 Å². The average Bonchev–Trinajstić information content (AvgIpc) is 3.60. The number of hydrogen-bond donors (Lipinski definition) is 2. The van der Waals surface area contributed by atoms with Crippen LogP contribution in [0, 0.1) is 24.5 Å². The van der Waals surface area contributed by atoms with Gasteiger partial charge in [-0.05, 0) is 105 Å². The first-order chi connectivity index (χ1) is 24.2. The maximum Gasteiger partial charge on any atom is 0.251 e. The Morgan fingerprint density at radius 1 is 1.02 bits per heavy atom. The van der Waals surface area contributed by atoms with E-state index in [4.69, 9.17) is 4.98 Å². The maximum absolute atomic E-state index is 16.2. The quantitative estimate of drug-likeness (QED) is 0.185. The van der Waals surface area contributed by atoms with Crippen LogP contribution in [0.3, 0.4) is 0 Å². The van der Waals surface area contributed by atoms with Crippen molar-refractivity contribution >= 4 is 40.0 Å². The van der Waals surface area contributed by atoms with Gasteiger partial charge in [0.15, 0.2) is 17.5 Å². The molecule has 270 valence electrons. The average molecular weight is 703 g/mol. The largest absolute Gasteiger partial charge is 0.352 e. The van der Waals surface area contributed by atoms with Crippen LogP contribution in [-0.4, -0.2) is 67.4 Å². The van der Waals surface area contributed by atoms with Crippen LogP contribution in [-0.2, 0) is 10.2 Å². The van der Waals surface area contributed by atoms with Crippen LogP contribution >= 0.6 is 0 Å². The van der Waals surface area contributed by atoms with E-state index in [0.29, 0.717) is 29.0 Å². The topological polar surface area (TPSA) is 108 Å². The molecule has 0 unspecified atom stereocenters. The summed E-state index contributed by atoms with van der Waals surface area (Å²) in [5.41, 5.74) is 0.529. The van der Waals surface area contributed by atoms with Crippen molar-refractivity contribution in [3.63, 3.8) is 0 Å². The zero-order chi connectivity index (χ0) is 36.6. The number of fused-ring (bicyclic) bond motifs is 2. The number of nitrogens with zero attached hydrogens (tertiary/aromatic N) is 6. The number of likely N-dealkylation sites (tertiary alicyclic amines) is 1. The summed E-state index contributed by atoms with van der Waals surface area (Å²) in [5.74, 6) is -3.74. The molecule has 1 aromatic carbocycles. The Bertz CT molecular complexity index is 2060. The Balaban J connectivity index is 1.32. The van der Waals surface area contributed by atoms with Crippen LogP contribution in [0.2, 0.25) is 0 Å². The van der Waals surface area contributed by atoms with E-state index in [1.54, 1.807) is 44.1 Å². The van der Waals surface area contributed by atoms with E-state index in [-0.39, 0.29) is 57.4 Å². The predicted octanol–water partition coefficient (Wildman–Crippen LogP) is 7.32. The number of amides is 2. The lowest BCUT2D eigenvalue weighted by Crippen LogP contribution is -2.64. The highest BCUT2D eigenvalue weighted by atomic mass is 19.2. The Kier molecular flexibility index (Phi) is 8.63. The monoisotopic (exact) mass is 702 g/mol. The van der Waals surface area contributed by atoms with E-state index in [2.05, 4.69) is 32.4 Å². The van der Waals surface area contributed by atoms with E-state index in [1.807, 2.05) is 18.4 Å². The summed E-state index contributed by atoms with van der Waals surface area (Å²) in [5, 5.41) is 5.54. The third kappa shape index (κ3) is 5.64. The molecule has 0 atom stereocenters. The van der Waals surface area contributed by atoms with Gasteiger partial charge < -0.3 is 20.1 Å². The smallest absolute Gasteiger partial charge is 0.251 e. The fourth-order valence-electron chi connectivity index (χ4n) is 8.11. The second-order valence-electron chi connectivity index (χ2n) is 15.3. The van der Waals surface area contributed by atoms with Gasteiger partial charge in [-0.2, -0.15) is 4.39 Å². The molecule has 3 aromatic heterocycles. The lowest BCUT2D eigenvalue weighted by atomic mass is 9.71. The van der Waals surface area contributed by atoms with Crippen LogP contribution in [0.25, 0.3) is 22.3 Å². The van der Waals surface area contributed by atoms with Crippen LogP contribution in [0.5, 0.6) is 0 Å². The SMILES string of the molecule is CCNC(=O)c1cc(Nc2nc(-c3cc4c(nc3F)C(C)(C)C(=O)N4C3CC(C)(N4CCCCC4)C3)cc3ncn(C(C)C)c23)c(F)c(F)c1C. The second-order valence-corrected chi connectivity index (χ2v) is 15.3. The molecule has 2 fully saturated rings. The van der Waals surface area contributed by atoms with Crippen molar-refractivity contribution < 1.29 is 22.8 Å². The summed E-state index contributed by atoms with van der Waals surface area (Å²) in [7, 11) is 0. The molecule has 4 aromatic rings. The fourth-order valence-corrected chi connectivity index (χ4v) is 8.11. The van der Waals surface area contributed by atoms with E-state index >= 15 is 13.2 Å². The number of piperidine rings is 1. The molecule has 2 N–H and O–H groups in total. The molecule has 1 saturated carbocycles. The first-order valence-electron chi connectivity index (χ1n) is 17.9. The summed E-state index contributed by atoms with van der Waals surface area (Å²) in [4.78, 5) is 44.8. The number of carbonyl (C=O) groups is 2. The normalized spacial score (nSPS) is 21.7. The molecule has 1 aliphatic carbocycles. The summed E-state index contributed by atoms with van der Waals surface area (Å²) in [6.45, 7) is 15.2. The Labute approximate surface area is 295 Å². The van der Waals surface area contributed by atoms with Crippen LogP contribution < -0.4 is 15.5 Å². The number of nitrogens with one attached hydrogen (secondary N) is 2. The summed E-state index contributed by atoms with van der Waals surface area (Å²) in [6.07, 6.45) is 6.82. The van der Waals surface area contributed by atoms with E-state index in [1.165, 1.54) is 32.3 Å². The van der Waals surface area contributed by atoms with Gasteiger partial charge in [-0.15, -0.1) is 0 Å². The number of carbonyl (C=O) groups excluding carboxylic acids is 2. The van der Waals surface area contributed by atoms with Crippen molar-refractivity contribution in [1.29, 1.82) is 0 Å². The number of rotatable bonds is 8. The van der Waals surface area contributed by atoms with Gasteiger partial charge in [0.05, 0.1) is 45.6 Å². The van der Waals surface area contributed by atoms with Gasteiger partial charge in [0.25, 0.3) is 5.91 Å². The van der Waals surface area contributed by atoms with Crippen molar-refractivity contribution in [3.8, 4) is 11.3 Å². The third-order valence-electron chi connectivity index (χ3n) is 11.1. The highest BCUT2D eigenvalue weighted by molar-refractivity contribution is 6.08. The predicted molar refractivity (Wildman–Crippen MR) is 191 cm³/mol. The van der Waals surface area contributed by atoms with Gasteiger partial charge in [-0.25, -0.2) is 23.7 Å². The number of imidazole rings is 1. The van der Waals surface area contributed by atoms with Crippen molar-refractivity contribution in [2.75, 3.05) is 29.9 Å². The van der Waals surface area contributed by atoms with Crippen molar-refractivity contribution in [2.45, 2.75) is 104 Å². The van der Waals surface area contributed by atoms with Gasteiger partial charge >= 0.3 is 0 Å². The molecule has 3 aliphatic rings. The molecule has 5 heterocycles. The minimum atomic E-state index is -1.18. The molecule has 1 saturated heterocycles. The van der Waals surface area contributed by atoms with Crippen LogP contribution in [0.15, 0.2) is 24.5 Å². The number of benzene rings is 1. The third-order valence-corrected chi connectivity index (χ3v) is 11.1. The Morgan fingerprint density at radius 3 is 2.39 bits per heavy atom. The number of hydrogen-bond acceptors (Lipinski definition) is 7. The Morgan fingerprint density at radius 2 is 1.73 bits per heavy atom. The molecule has 2 amide bonds. The molecule has 2 aliphatic heterocycles. The Hall–Kier alpha value is -4.52. The number of halogens is 3. The lowest BCUT2D eigenvalue weighted by Gasteiger charge is -2.55. The molecule has 13 heteroatoms. The molecule has 0 bridgehead atoms. The highest BCUT2D eigenvalue weighted by Crippen LogP contribution is 2.50. The molecular weight excluding hydrogens is 657 g/mol. The summed E-state index contributed by atoms with van der Waals surface area (Å²) in [6, 6.07) is 4.36. The fraction of sp³-hybridized carbons (Fsp3) is 0.500. The first-order valence-corrected chi connectivity index (χ1v) is 17.9. The standard InChI is InChI=1S/C38H45F3N8O2/c1-8-42-35(50)23-14-26(30(40)29(39)21(23)4)45-34-31-27(43-19-48(31)20(2)3)16-25(44-34)24-15-28-32(46-33(24)41)37(5,6)36(51)49(28)22-17-38(7,18-22)47-12-10-9-11-13-47/h14-16,19-20,22H,8-13,17-18H2,1-7H3,(H,42,50)(H,44,45). The molecule has 7 rings (SSSR count). The van der Waals surface area contributed by atoms with Crippen molar-refractivity contribution in [2.24, 2.45) is 0 Å². The van der Waals surface area contributed by atoms with E-state index in [9.17, 15) is 9.59 Å². The highest BCUT2D eigenvalue weighted by Gasteiger charge is 2.55. The zero-order valence-corrected chi connectivity index (χ0v) is 30.3. The first kappa shape index (κ1) is 34.9. The van der Waals surface area contributed by atoms with Gasteiger partial charge in [0.1, 0.15) is 5.52 Å². The minimum Gasteiger partial charge on any atom is -0.352 e. The van der Waals surface area contributed by atoms with Crippen molar-refractivity contribution in [3.05, 3.63) is 58.9 Å². The zero-order valence-electron chi connectivity index (χ0n) is 30.3. The molecular formula is C38H45F3N8O2. The number of anilines is 3. The van der Waals surface area contributed by atoms with Crippen LogP contribution in [0.1, 0.15) is 101 Å². The van der Waals surface area contributed by atoms with Gasteiger partial charge in [-0.3, -0.25) is 14.5 Å². The molecule has 0 radical (unpaired) electrons. The van der Waals surface area contributed by atoms with E-state index < -0.39 is 28.9 Å². The van der Waals surface area contributed by atoms with Crippen LogP contribution in [0.4, 0.5) is 30.4 Å². The lowest BCUT2D eigenvalue weighted by molar-refractivity contribution is -0.123. The molecule has 0 spiro atoms. The summed E-state index contributed by atoms with van der Waals surface area (Å²) < 4.78 is 48.7. The van der Waals surface area contributed by atoms with Gasteiger partial charge in [-0.1, -0.05) is 6.42 Å². The maximum atomic E-state index is 16.2. The molecule has 10 nitrogen and oxygen atoms in total. The number of pyridine rings is 2. The minimum absolute atomic E-state index is 0.00123. The second kappa shape index (κ2) is 12.6. The van der Waals surface area contributed by atoms with Gasteiger partial charge in [0, 0.05) is 35.3 Å². The summed E-state index contributed by atoms with van der Waals surface area (Å²) >= 11 is 0. The van der Waals surface area contributed by atoms with Crippen molar-refractivity contribution in [1.82, 2.24) is 29.7 Å².